The average molecular weight is 235 g/mol. The van der Waals surface area contributed by atoms with E-state index in [-0.39, 0.29) is 6.61 Å². The summed E-state index contributed by atoms with van der Waals surface area (Å²) in [7, 11) is 1.91. The fourth-order valence-corrected chi connectivity index (χ4v) is 2.24. The van der Waals surface area contributed by atoms with Crippen molar-refractivity contribution in [1.29, 1.82) is 0 Å². The van der Waals surface area contributed by atoms with Crippen LogP contribution in [0.1, 0.15) is 11.1 Å². The van der Waals surface area contributed by atoms with Crippen molar-refractivity contribution in [1.82, 2.24) is 14.8 Å². The minimum Gasteiger partial charge on any atom is -0.392 e. The molecule has 1 aromatic heterocycles. The Hall–Kier alpha value is -1.33. The van der Waals surface area contributed by atoms with Crippen LogP contribution in [0.3, 0.4) is 0 Å². The molecule has 0 atom stereocenters. The summed E-state index contributed by atoms with van der Waals surface area (Å²) in [5, 5.41) is 17.8. The van der Waals surface area contributed by atoms with Crippen LogP contribution in [0.4, 0.5) is 0 Å². The summed E-state index contributed by atoms with van der Waals surface area (Å²) in [6.07, 6.45) is 1.68. The highest BCUT2D eigenvalue weighted by molar-refractivity contribution is 7.99. The number of aliphatic hydroxyl groups excluding tert-OH is 1. The minimum absolute atomic E-state index is 0.0841. The van der Waals surface area contributed by atoms with Gasteiger partial charge in [-0.05, 0) is 41.9 Å². The van der Waals surface area contributed by atoms with Crippen molar-refractivity contribution in [2.45, 2.75) is 23.6 Å². The summed E-state index contributed by atoms with van der Waals surface area (Å²) in [6.45, 7) is 2.08. The second-order valence-electron chi connectivity index (χ2n) is 3.57. The molecule has 0 bridgehead atoms. The summed E-state index contributed by atoms with van der Waals surface area (Å²) < 4.78 is 1.87. The smallest absolute Gasteiger partial charge is 0.195 e. The quantitative estimate of drug-likeness (QED) is 0.881. The Labute approximate surface area is 98.3 Å². The fourth-order valence-electron chi connectivity index (χ4n) is 1.38. The van der Waals surface area contributed by atoms with Gasteiger partial charge < -0.3 is 9.67 Å². The van der Waals surface area contributed by atoms with Crippen molar-refractivity contribution in [2.24, 2.45) is 7.05 Å². The van der Waals surface area contributed by atoms with Crippen LogP contribution >= 0.6 is 11.8 Å². The lowest BCUT2D eigenvalue weighted by Gasteiger charge is -2.05. The highest BCUT2D eigenvalue weighted by atomic mass is 32.2. The molecule has 0 amide bonds. The Bertz CT molecular complexity index is 496. The lowest BCUT2D eigenvalue weighted by Crippen LogP contribution is -1.91. The van der Waals surface area contributed by atoms with Gasteiger partial charge in [-0.3, -0.25) is 0 Å². The maximum atomic E-state index is 9.08. The second kappa shape index (κ2) is 4.67. The first-order valence-electron chi connectivity index (χ1n) is 4.93. The third-order valence-corrected chi connectivity index (χ3v) is 3.41. The number of benzene rings is 1. The second-order valence-corrected chi connectivity index (χ2v) is 4.61. The molecule has 16 heavy (non-hydrogen) atoms. The average Bonchev–Trinajstić information content (AvgIpc) is 2.65. The first-order valence-corrected chi connectivity index (χ1v) is 5.74. The summed E-state index contributed by atoms with van der Waals surface area (Å²) in [5.41, 5.74) is 2.05. The van der Waals surface area contributed by atoms with E-state index in [0.29, 0.717) is 0 Å². The van der Waals surface area contributed by atoms with Gasteiger partial charge in [-0.1, -0.05) is 6.07 Å². The summed E-state index contributed by atoms with van der Waals surface area (Å²) in [4.78, 5) is 1.10. The highest BCUT2D eigenvalue weighted by Crippen LogP contribution is 2.26. The number of hydrogen-bond acceptors (Lipinski definition) is 4. The predicted molar refractivity (Wildman–Crippen MR) is 62.2 cm³/mol. The van der Waals surface area contributed by atoms with Gasteiger partial charge in [-0.2, -0.15) is 0 Å². The van der Waals surface area contributed by atoms with Crippen molar-refractivity contribution in [3.63, 3.8) is 0 Å². The van der Waals surface area contributed by atoms with E-state index >= 15 is 0 Å². The molecule has 1 heterocycles. The van der Waals surface area contributed by atoms with Crippen LogP contribution in [-0.4, -0.2) is 19.9 Å². The lowest BCUT2D eigenvalue weighted by atomic mass is 10.1. The highest BCUT2D eigenvalue weighted by Gasteiger charge is 2.05. The SMILES string of the molecule is Cc1cc(Sc2nncn2C)ccc1CO. The Morgan fingerprint density at radius 1 is 1.44 bits per heavy atom. The zero-order valence-electron chi connectivity index (χ0n) is 9.21. The minimum atomic E-state index is 0.0841. The normalized spacial score (nSPS) is 10.7. The molecule has 0 aliphatic carbocycles. The maximum absolute atomic E-state index is 9.08. The van der Waals surface area contributed by atoms with E-state index in [1.807, 2.05) is 36.7 Å². The van der Waals surface area contributed by atoms with Gasteiger partial charge in [0.2, 0.25) is 0 Å². The molecule has 0 radical (unpaired) electrons. The van der Waals surface area contributed by atoms with Gasteiger partial charge in [0.25, 0.3) is 0 Å². The monoisotopic (exact) mass is 235 g/mol. The van der Waals surface area contributed by atoms with E-state index in [1.165, 1.54) is 0 Å². The first-order chi connectivity index (χ1) is 7.70. The van der Waals surface area contributed by atoms with Crippen LogP contribution in [0.2, 0.25) is 0 Å². The molecule has 0 unspecified atom stereocenters. The molecule has 5 heteroatoms. The number of nitrogens with zero attached hydrogens (tertiary/aromatic N) is 3. The summed E-state index contributed by atoms with van der Waals surface area (Å²) >= 11 is 1.56. The van der Waals surface area contributed by atoms with Gasteiger partial charge >= 0.3 is 0 Å². The molecule has 2 rings (SSSR count). The molecule has 0 saturated carbocycles. The molecular weight excluding hydrogens is 222 g/mol. The van der Waals surface area contributed by atoms with Gasteiger partial charge in [0, 0.05) is 11.9 Å². The largest absolute Gasteiger partial charge is 0.392 e. The zero-order chi connectivity index (χ0) is 11.5. The number of rotatable bonds is 3. The first kappa shape index (κ1) is 11.2. The van der Waals surface area contributed by atoms with Gasteiger partial charge in [0.1, 0.15) is 6.33 Å². The zero-order valence-corrected chi connectivity index (χ0v) is 10.0. The molecule has 0 aliphatic rings. The van der Waals surface area contributed by atoms with Crippen molar-refractivity contribution in [3.05, 3.63) is 35.7 Å². The third kappa shape index (κ3) is 2.25. The van der Waals surface area contributed by atoms with Crippen LogP contribution in [-0.2, 0) is 13.7 Å². The topological polar surface area (TPSA) is 50.9 Å². The van der Waals surface area contributed by atoms with E-state index in [0.717, 1.165) is 21.2 Å². The van der Waals surface area contributed by atoms with Crippen molar-refractivity contribution in [2.75, 3.05) is 0 Å². The van der Waals surface area contributed by atoms with Gasteiger partial charge in [0.15, 0.2) is 5.16 Å². The molecule has 0 spiro atoms. The fraction of sp³-hybridized carbons (Fsp3) is 0.273. The number of aliphatic hydroxyl groups is 1. The Balaban J connectivity index is 2.23. The third-order valence-electron chi connectivity index (χ3n) is 2.36. The Morgan fingerprint density at radius 3 is 2.81 bits per heavy atom. The standard InChI is InChI=1S/C11H13N3OS/c1-8-5-10(4-3-9(8)6-15)16-11-13-12-7-14(11)2/h3-5,7,15H,6H2,1-2H3. The predicted octanol–water partition coefficient (Wildman–Crippen LogP) is 1.77. The molecule has 0 aliphatic heterocycles. The summed E-state index contributed by atoms with van der Waals surface area (Å²) in [5.74, 6) is 0. The molecule has 1 N–H and O–H groups in total. The van der Waals surface area contributed by atoms with E-state index in [1.54, 1.807) is 18.1 Å². The molecule has 4 nitrogen and oxygen atoms in total. The van der Waals surface area contributed by atoms with Crippen LogP contribution in [0, 0.1) is 6.92 Å². The molecule has 84 valence electrons. The lowest BCUT2D eigenvalue weighted by molar-refractivity contribution is 0.281. The maximum Gasteiger partial charge on any atom is 0.195 e. The van der Waals surface area contributed by atoms with Crippen molar-refractivity contribution < 1.29 is 5.11 Å². The van der Waals surface area contributed by atoms with E-state index in [4.69, 9.17) is 5.11 Å². The Kier molecular flexibility index (Phi) is 3.26. The van der Waals surface area contributed by atoms with Crippen LogP contribution in [0.25, 0.3) is 0 Å². The van der Waals surface area contributed by atoms with Crippen molar-refractivity contribution in [3.8, 4) is 0 Å². The van der Waals surface area contributed by atoms with Crippen LogP contribution in [0.15, 0.2) is 34.6 Å². The Morgan fingerprint density at radius 2 is 2.25 bits per heavy atom. The van der Waals surface area contributed by atoms with Gasteiger partial charge in [0.05, 0.1) is 6.61 Å². The van der Waals surface area contributed by atoms with Crippen LogP contribution < -0.4 is 0 Å². The van der Waals surface area contributed by atoms with E-state index in [9.17, 15) is 0 Å². The van der Waals surface area contributed by atoms with Crippen LogP contribution in [0.5, 0.6) is 0 Å². The van der Waals surface area contributed by atoms with Gasteiger partial charge in [-0.25, -0.2) is 0 Å². The van der Waals surface area contributed by atoms with E-state index in [2.05, 4.69) is 10.2 Å². The molecule has 0 fully saturated rings. The van der Waals surface area contributed by atoms with Gasteiger partial charge in [-0.15, -0.1) is 10.2 Å². The number of hydrogen-bond donors (Lipinski definition) is 1. The summed E-state index contributed by atoms with van der Waals surface area (Å²) in [6, 6.07) is 5.97. The van der Waals surface area contributed by atoms with Crippen molar-refractivity contribution >= 4 is 11.8 Å². The van der Waals surface area contributed by atoms with E-state index < -0.39 is 0 Å². The molecule has 0 saturated heterocycles. The number of aromatic nitrogens is 3. The molecule has 2 aromatic rings. The molecular formula is C11H13N3OS. The number of aryl methyl sites for hydroxylation is 2. The molecule has 1 aromatic carbocycles.